The molecule has 1 amide bonds. The number of benzene rings is 1. The molecule has 0 spiro atoms. The maximum atomic E-state index is 12.0. The predicted octanol–water partition coefficient (Wildman–Crippen LogP) is 2.38. The number of rotatable bonds is 7. The molecule has 0 unspecified atom stereocenters. The molecular weight excluding hydrogens is 298 g/mol. The molecule has 0 aliphatic rings. The molecular formula is C17H21NO5. The van der Waals surface area contributed by atoms with E-state index >= 15 is 0 Å². The van der Waals surface area contributed by atoms with Crippen LogP contribution in [-0.2, 0) is 25.7 Å². The van der Waals surface area contributed by atoms with Crippen LogP contribution in [0.25, 0.3) is 0 Å². The first-order chi connectivity index (χ1) is 10.8. The highest BCUT2D eigenvalue weighted by Crippen LogP contribution is 2.07. The van der Waals surface area contributed by atoms with Crippen LogP contribution in [0.4, 0.5) is 4.79 Å². The van der Waals surface area contributed by atoms with Gasteiger partial charge in [0.2, 0.25) is 0 Å². The Kier molecular flexibility index (Phi) is 6.99. The molecule has 6 heteroatoms. The minimum atomic E-state index is -1.20. The molecule has 124 valence electrons. The fourth-order valence-electron chi connectivity index (χ4n) is 1.62. The maximum Gasteiger partial charge on any atom is 0.408 e. The molecule has 0 aromatic heterocycles. The molecule has 0 aliphatic heterocycles. The third kappa shape index (κ3) is 6.78. The second-order valence-electron chi connectivity index (χ2n) is 5.26. The summed E-state index contributed by atoms with van der Waals surface area (Å²) >= 11 is 0. The molecule has 0 fully saturated rings. The first-order valence-electron chi connectivity index (χ1n) is 7.23. The van der Waals surface area contributed by atoms with E-state index in [-0.39, 0.29) is 13.2 Å². The average molecular weight is 319 g/mol. The van der Waals surface area contributed by atoms with Crippen LogP contribution in [0.3, 0.4) is 0 Å². The number of ether oxygens (including phenoxy) is 2. The fraction of sp³-hybridized carbons (Fsp3) is 0.353. The van der Waals surface area contributed by atoms with Gasteiger partial charge >= 0.3 is 12.1 Å². The summed E-state index contributed by atoms with van der Waals surface area (Å²) in [7, 11) is 0. The van der Waals surface area contributed by atoms with E-state index in [4.69, 9.17) is 4.74 Å². The van der Waals surface area contributed by atoms with Gasteiger partial charge in [-0.05, 0) is 32.4 Å². The van der Waals surface area contributed by atoms with Crippen LogP contribution in [0.5, 0.6) is 0 Å². The van der Waals surface area contributed by atoms with Crippen molar-refractivity contribution in [3.05, 3.63) is 48.0 Å². The number of carbonyl (C=O) groups is 3. The summed E-state index contributed by atoms with van der Waals surface area (Å²) in [5.74, 6) is -1.05. The van der Waals surface area contributed by atoms with E-state index < -0.39 is 23.4 Å². The van der Waals surface area contributed by atoms with Gasteiger partial charge in [-0.15, -0.1) is 0 Å². The Labute approximate surface area is 135 Å². The van der Waals surface area contributed by atoms with Crippen molar-refractivity contribution >= 4 is 17.8 Å². The number of carbonyl (C=O) groups excluding carboxylic acids is 3. The third-order valence-corrected chi connectivity index (χ3v) is 2.90. The zero-order chi connectivity index (χ0) is 17.3. The molecule has 0 heterocycles. The van der Waals surface area contributed by atoms with E-state index in [2.05, 4.69) is 10.1 Å². The van der Waals surface area contributed by atoms with E-state index in [0.717, 1.165) is 17.7 Å². The fourth-order valence-corrected chi connectivity index (χ4v) is 1.62. The zero-order valence-electron chi connectivity index (χ0n) is 13.5. The summed E-state index contributed by atoms with van der Waals surface area (Å²) in [6, 6.07) is 9.19. The van der Waals surface area contributed by atoms with E-state index in [1.54, 1.807) is 6.92 Å². The lowest BCUT2D eigenvalue weighted by Crippen LogP contribution is -2.49. The number of ketones is 1. The molecule has 0 bridgehead atoms. The van der Waals surface area contributed by atoms with Gasteiger partial charge in [-0.1, -0.05) is 30.3 Å². The molecule has 0 saturated heterocycles. The van der Waals surface area contributed by atoms with Crippen LogP contribution in [-0.4, -0.2) is 30.0 Å². The van der Waals surface area contributed by atoms with Crippen molar-refractivity contribution in [3.8, 4) is 0 Å². The summed E-state index contributed by atoms with van der Waals surface area (Å²) in [5.41, 5.74) is -0.356. The first-order valence-corrected chi connectivity index (χ1v) is 7.23. The van der Waals surface area contributed by atoms with Gasteiger partial charge in [0.15, 0.2) is 5.78 Å². The minimum absolute atomic E-state index is 0.107. The van der Waals surface area contributed by atoms with Crippen molar-refractivity contribution in [2.24, 2.45) is 0 Å². The Morgan fingerprint density at radius 2 is 1.74 bits per heavy atom. The van der Waals surface area contributed by atoms with Crippen molar-refractivity contribution in [2.45, 2.75) is 32.9 Å². The van der Waals surface area contributed by atoms with E-state index in [1.165, 1.54) is 13.8 Å². The summed E-state index contributed by atoms with van der Waals surface area (Å²) in [4.78, 5) is 35.0. The van der Waals surface area contributed by atoms with Crippen LogP contribution in [0.15, 0.2) is 42.5 Å². The summed E-state index contributed by atoms with van der Waals surface area (Å²) in [6.45, 7) is 5.05. The first kappa shape index (κ1) is 18.4. The van der Waals surface area contributed by atoms with Crippen LogP contribution >= 0.6 is 0 Å². The lowest BCUT2D eigenvalue weighted by atomic mass is 9.99. The topological polar surface area (TPSA) is 81.7 Å². The number of nitrogens with one attached hydrogen (secondary N) is 1. The van der Waals surface area contributed by atoms with Crippen molar-refractivity contribution in [2.75, 3.05) is 6.61 Å². The lowest BCUT2D eigenvalue weighted by Gasteiger charge is -2.22. The zero-order valence-corrected chi connectivity index (χ0v) is 13.5. The molecule has 1 aromatic rings. The summed E-state index contributed by atoms with van der Waals surface area (Å²) < 4.78 is 9.74. The van der Waals surface area contributed by atoms with Gasteiger partial charge in [0.1, 0.15) is 12.1 Å². The number of hydrogen-bond acceptors (Lipinski definition) is 5. The molecule has 1 rings (SSSR count). The van der Waals surface area contributed by atoms with Gasteiger partial charge in [-0.25, -0.2) is 9.59 Å². The Morgan fingerprint density at radius 3 is 2.35 bits per heavy atom. The van der Waals surface area contributed by atoms with Gasteiger partial charge in [-0.3, -0.25) is 4.79 Å². The number of alkyl carbamates (subject to hydrolysis) is 1. The van der Waals surface area contributed by atoms with Crippen molar-refractivity contribution in [3.63, 3.8) is 0 Å². The quantitative estimate of drug-likeness (QED) is 0.616. The van der Waals surface area contributed by atoms with Crippen LogP contribution in [0, 0.1) is 0 Å². The van der Waals surface area contributed by atoms with Gasteiger partial charge in [0.05, 0.1) is 6.61 Å². The Bertz CT molecular complexity index is 578. The van der Waals surface area contributed by atoms with Crippen LogP contribution in [0.1, 0.15) is 26.3 Å². The van der Waals surface area contributed by atoms with Gasteiger partial charge in [0.25, 0.3) is 0 Å². The van der Waals surface area contributed by atoms with Crippen molar-refractivity contribution in [1.82, 2.24) is 5.32 Å². The van der Waals surface area contributed by atoms with Gasteiger partial charge in [-0.2, -0.15) is 0 Å². The van der Waals surface area contributed by atoms with Crippen molar-refractivity contribution in [1.29, 1.82) is 0 Å². The maximum absolute atomic E-state index is 12.0. The van der Waals surface area contributed by atoms with Gasteiger partial charge < -0.3 is 14.8 Å². The molecule has 23 heavy (non-hydrogen) atoms. The molecule has 0 aliphatic carbocycles. The monoisotopic (exact) mass is 319 g/mol. The highest BCUT2D eigenvalue weighted by atomic mass is 16.5. The summed E-state index contributed by atoms with van der Waals surface area (Å²) in [5, 5.41) is 2.47. The lowest BCUT2D eigenvalue weighted by molar-refractivity contribution is -0.137. The highest BCUT2D eigenvalue weighted by molar-refractivity contribution is 6.02. The Hall–Kier alpha value is -2.63. The molecule has 1 N–H and O–H groups in total. The minimum Gasteiger partial charge on any atom is -0.463 e. The van der Waals surface area contributed by atoms with Crippen LogP contribution < -0.4 is 5.32 Å². The number of esters is 1. The van der Waals surface area contributed by atoms with Crippen LogP contribution in [0.2, 0.25) is 0 Å². The molecule has 1 aromatic carbocycles. The molecule has 0 radical (unpaired) electrons. The SMILES string of the molecule is CCOC(=O)/C=C/C(=O)C(C)(C)NC(=O)OCc1ccccc1. The number of hydrogen-bond donors (Lipinski definition) is 1. The second kappa shape index (κ2) is 8.73. The Balaban J connectivity index is 2.51. The average Bonchev–Trinajstić information content (AvgIpc) is 2.51. The predicted molar refractivity (Wildman–Crippen MR) is 84.6 cm³/mol. The van der Waals surface area contributed by atoms with Gasteiger partial charge in [0, 0.05) is 6.08 Å². The standard InChI is InChI=1S/C17H21NO5/c1-4-22-15(20)11-10-14(19)17(2,3)18-16(21)23-12-13-8-6-5-7-9-13/h5-11H,4,12H2,1-3H3,(H,18,21)/b11-10+. The molecule has 0 saturated carbocycles. The number of amides is 1. The molecule has 0 atom stereocenters. The van der Waals surface area contributed by atoms with Crippen molar-refractivity contribution < 1.29 is 23.9 Å². The van der Waals surface area contributed by atoms with E-state index in [9.17, 15) is 14.4 Å². The second-order valence-corrected chi connectivity index (χ2v) is 5.26. The normalized spacial score (nSPS) is 11.1. The smallest absolute Gasteiger partial charge is 0.408 e. The van der Waals surface area contributed by atoms with E-state index in [1.807, 2.05) is 30.3 Å². The highest BCUT2D eigenvalue weighted by Gasteiger charge is 2.28. The van der Waals surface area contributed by atoms with E-state index in [0.29, 0.717) is 0 Å². The Morgan fingerprint density at radius 1 is 1.09 bits per heavy atom. The molecule has 6 nitrogen and oxygen atoms in total. The third-order valence-electron chi connectivity index (χ3n) is 2.90. The summed E-state index contributed by atoms with van der Waals surface area (Å²) in [6.07, 6.45) is 1.40. The largest absolute Gasteiger partial charge is 0.463 e.